The van der Waals surface area contributed by atoms with Crippen molar-refractivity contribution < 1.29 is 4.74 Å². The van der Waals surface area contributed by atoms with Gasteiger partial charge in [0.25, 0.3) is 0 Å². The SMILES string of the molecule is [B]n1cccc1/C(CCN)=C1N=C(/C=C/c2cccc(OC)c2)C=C\1C. The Bertz CT molecular complexity index is 919. The molecule has 0 saturated heterocycles. The van der Waals surface area contributed by atoms with Crippen LogP contribution in [0.3, 0.4) is 0 Å². The molecule has 2 heterocycles. The molecule has 0 atom stereocenters. The third-order valence-corrected chi connectivity index (χ3v) is 4.29. The maximum absolute atomic E-state index is 6.03. The maximum Gasteiger partial charge on any atom is 0.234 e. The smallest absolute Gasteiger partial charge is 0.234 e. The summed E-state index contributed by atoms with van der Waals surface area (Å²) in [6.45, 7) is 2.60. The molecule has 0 fully saturated rings. The lowest BCUT2D eigenvalue weighted by atomic mass is 10.0. The van der Waals surface area contributed by atoms with Gasteiger partial charge in [-0.3, -0.25) is 0 Å². The molecule has 1 aliphatic rings. The van der Waals surface area contributed by atoms with Gasteiger partial charge >= 0.3 is 0 Å². The van der Waals surface area contributed by atoms with Crippen LogP contribution in [0.2, 0.25) is 0 Å². The van der Waals surface area contributed by atoms with Gasteiger partial charge in [0.1, 0.15) is 5.75 Å². The lowest BCUT2D eigenvalue weighted by molar-refractivity contribution is 0.414. The van der Waals surface area contributed by atoms with Gasteiger partial charge in [0, 0.05) is 11.3 Å². The molecule has 3 rings (SSSR count). The summed E-state index contributed by atoms with van der Waals surface area (Å²) in [6, 6.07) is 11.8. The molecule has 2 N–H and O–H groups in total. The highest BCUT2D eigenvalue weighted by Crippen LogP contribution is 2.31. The van der Waals surface area contributed by atoms with E-state index in [1.54, 1.807) is 11.6 Å². The van der Waals surface area contributed by atoms with E-state index in [0.717, 1.165) is 46.0 Å². The highest BCUT2D eigenvalue weighted by molar-refractivity contribution is 6.11. The van der Waals surface area contributed by atoms with Crippen molar-refractivity contribution in [2.75, 3.05) is 13.7 Å². The number of benzene rings is 1. The number of aliphatic imine (C=N–C) groups is 1. The van der Waals surface area contributed by atoms with Crippen LogP contribution in [-0.4, -0.2) is 31.8 Å². The van der Waals surface area contributed by atoms with Gasteiger partial charge in [-0.2, -0.15) is 0 Å². The first kappa shape index (κ1) is 18.0. The third kappa shape index (κ3) is 3.89. The fraction of sp³-hybridized carbons (Fsp3) is 0.190. The summed E-state index contributed by atoms with van der Waals surface area (Å²) in [5.41, 5.74) is 11.9. The van der Waals surface area contributed by atoms with Crippen LogP contribution in [0, 0.1) is 0 Å². The van der Waals surface area contributed by atoms with Crippen LogP contribution in [0.15, 0.2) is 71.0 Å². The number of ether oxygens (including phenoxy) is 1. The molecule has 5 heteroatoms. The number of rotatable bonds is 6. The molecule has 0 unspecified atom stereocenters. The fourth-order valence-corrected chi connectivity index (χ4v) is 3.02. The van der Waals surface area contributed by atoms with E-state index in [4.69, 9.17) is 23.4 Å². The fourth-order valence-electron chi connectivity index (χ4n) is 3.02. The number of hydrogen-bond donors (Lipinski definition) is 1. The van der Waals surface area contributed by atoms with Gasteiger partial charge in [0.15, 0.2) is 0 Å². The van der Waals surface area contributed by atoms with Crippen molar-refractivity contribution in [3.05, 3.63) is 77.3 Å². The second-order valence-electron chi connectivity index (χ2n) is 6.14. The Morgan fingerprint density at radius 2 is 2.12 bits per heavy atom. The lowest BCUT2D eigenvalue weighted by Crippen LogP contribution is -2.05. The highest BCUT2D eigenvalue weighted by atomic mass is 16.5. The van der Waals surface area contributed by atoms with Gasteiger partial charge < -0.3 is 14.9 Å². The van der Waals surface area contributed by atoms with Crippen molar-refractivity contribution in [2.45, 2.75) is 13.3 Å². The van der Waals surface area contributed by atoms with Crippen LogP contribution in [0.5, 0.6) is 5.75 Å². The second kappa shape index (κ2) is 8.06. The average Bonchev–Trinajstić information content (AvgIpc) is 3.24. The molecule has 1 aliphatic heterocycles. The van der Waals surface area contributed by atoms with Gasteiger partial charge in [-0.1, -0.05) is 18.2 Å². The Balaban J connectivity index is 1.93. The van der Waals surface area contributed by atoms with Crippen LogP contribution in [0.1, 0.15) is 24.6 Å². The zero-order chi connectivity index (χ0) is 18.5. The molecule has 26 heavy (non-hydrogen) atoms. The monoisotopic (exact) mass is 343 g/mol. The van der Waals surface area contributed by atoms with E-state index in [0.29, 0.717) is 6.54 Å². The Kier molecular flexibility index (Phi) is 5.59. The first-order valence-corrected chi connectivity index (χ1v) is 8.58. The molecule has 0 spiro atoms. The van der Waals surface area contributed by atoms with E-state index in [1.807, 2.05) is 54.7 Å². The van der Waals surface area contributed by atoms with Crippen LogP contribution >= 0.6 is 0 Å². The Labute approximate surface area is 155 Å². The second-order valence-corrected chi connectivity index (χ2v) is 6.14. The first-order chi connectivity index (χ1) is 12.6. The third-order valence-electron chi connectivity index (χ3n) is 4.29. The van der Waals surface area contributed by atoms with Crippen molar-refractivity contribution in [1.82, 2.24) is 4.48 Å². The molecule has 130 valence electrons. The minimum atomic E-state index is 0.543. The zero-order valence-corrected chi connectivity index (χ0v) is 15.1. The number of aromatic nitrogens is 1. The summed E-state index contributed by atoms with van der Waals surface area (Å²) in [5.74, 6) is 0.835. The van der Waals surface area contributed by atoms with Gasteiger partial charge in [-0.25, -0.2) is 4.99 Å². The largest absolute Gasteiger partial charge is 0.497 e. The van der Waals surface area contributed by atoms with Crippen LogP contribution in [-0.2, 0) is 0 Å². The van der Waals surface area contributed by atoms with E-state index < -0.39 is 0 Å². The predicted molar refractivity (Wildman–Crippen MR) is 109 cm³/mol. The summed E-state index contributed by atoms with van der Waals surface area (Å²) in [4.78, 5) is 4.80. The molecule has 4 nitrogen and oxygen atoms in total. The number of allylic oxidation sites excluding steroid dienone is 3. The van der Waals surface area contributed by atoms with E-state index >= 15 is 0 Å². The van der Waals surface area contributed by atoms with Gasteiger partial charge in [-0.15, -0.1) is 0 Å². The predicted octanol–water partition coefficient (Wildman–Crippen LogP) is 3.60. The maximum atomic E-state index is 6.03. The number of nitrogens with two attached hydrogens (primary N) is 1. The van der Waals surface area contributed by atoms with Crippen LogP contribution in [0.25, 0.3) is 11.6 Å². The number of nitrogens with zero attached hydrogens (tertiary/aromatic N) is 2. The topological polar surface area (TPSA) is 52.5 Å². The van der Waals surface area contributed by atoms with Crippen molar-refractivity contribution in [1.29, 1.82) is 0 Å². The van der Waals surface area contributed by atoms with E-state index in [2.05, 4.69) is 13.0 Å². The van der Waals surface area contributed by atoms with Crippen molar-refractivity contribution in [2.24, 2.45) is 10.7 Å². The molecule has 1 aromatic carbocycles. The standard InChI is InChI=1S/C21H22BN3O/c1-15-13-17(9-8-16-5-3-6-18(14-16)26-2)24-21(15)19(10-11-23)20-7-4-12-25(20)22/h3-9,12-14H,10-11,23H2,1-2H3/b9-8+,21-19-. The average molecular weight is 343 g/mol. The van der Waals surface area contributed by atoms with E-state index in [-0.39, 0.29) is 0 Å². The zero-order valence-electron chi connectivity index (χ0n) is 15.1. The van der Waals surface area contributed by atoms with E-state index in [9.17, 15) is 0 Å². The molecule has 0 aliphatic carbocycles. The minimum absolute atomic E-state index is 0.543. The summed E-state index contributed by atoms with van der Waals surface area (Å²) < 4.78 is 6.88. The molecule has 0 saturated carbocycles. The quantitative estimate of drug-likeness (QED) is 0.815. The number of methoxy groups -OCH3 is 1. The van der Waals surface area contributed by atoms with Crippen molar-refractivity contribution in [3.8, 4) is 5.75 Å². The van der Waals surface area contributed by atoms with Crippen molar-refractivity contribution >= 4 is 25.3 Å². The lowest BCUT2D eigenvalue weighted by Gasteiger charge is -2.11. The molecule has 2 radical (unpaired) electrons. The van der Waals surface area contributed by atoms with Crippen molar-refractivity contribution in [3.63, 3.8) is 0 Å². The normalized spacial score (nSPS) is 16.0. The van der Waals surface area contributed by atoms with E-state index in [1.165, 1.54) is 0 Å². The number of hydrogen-bond acceptors (Lipinski definition) is 3. The van der Waals surface area contributed by atoms with Gasteiger partial charge in [-0.05, 0) is 73.6 Å². The summed E-state index contributed by atoms with van der Waals surface area (Å²) in [7, 11) is 7.70. The molecular formula is C21H22BN3O. The molecule has 2 aromatic rings. The van der Waals surface area contributed by atoms with Crippen LogP contribution < -0.4 is 10.5 Å². The Morgan fingerprint density at radius 1 is 1.27 bits per heavy atom. The minimum Gasteiger partial charge on any atom is -0.497 e. The summed E-state index contributed by atoms with van der Waals surface area (Å²) >= 11 is 0. The molecule has 0 amide bonds. The Hall–Kier alpha value is -2.79. The molecular weight excluding hydrogens is 321 g/mol. The molecule has 1 aromatic heterocycles. The van der Waals surface area contributed by atoms with Gasteiger partial charge in [0.2, 0.25) is 7.98 Å². The van der Waals surface area contributed by atoms with Gasteiger partial charge in [0.05, 0.1) is 18.5 Å². The Morgan fingerprint density at radius 3 is 2.81 bits per heavy atom. The van der Waals surface area contributed by atoms with Crippen LogP contribution in [0.4, 0.5) is 0 Å². The summed E-state index contributed by atoms with van der Waals surface area (Å²) in [6.07, 6.45) is 8.66. The molecule has 0 bridgehead atoms. The highest BCUT2D eigenvalue weighted by Gasteiger charge is 2.16. The summed E-state index contributed by atoms with van der Waals surface area (Å²) in [5, 5.41) is 0. The first-order valence-electron chi connectivity index (χ1n) is 8.58.